The van der Waals surface area contributed by atoms with E-state index in [9.17, 15) is 18.5 Å². The zero-order chi connectivity index (χ0) is 24.0. The van der Waals surface area contributed by atoms with Crippen molar-refractivity contribution in [1.82, 2.24) is 9.88 Å². The standard InChI is InChI=1S/C23H20ClN5O3S/c1-29(2)15-27-33(31,32)22-11-19(28-23(30)10-17-5-3-4-6-21(17)24)7-8-20(22)18-9-16(12-25)13-26-14-18/h3-9,11,13-15H,10H2,1-2H3,(H,28,30)/b27-15+. The molecule has 2 aromatic carbocycles. The average Bonchev–Trinajstić information content (AvgIpc) is 2.79. The molecule has 1 amide bonds. The highest BCUT2D eigenvalue weighted by Crippen LogP contribution is 2.31. The zero-order valence-electron chi connectivity index (χ0n) is 17.9. The zero-order valence-corrected chi connectivity index (χ0v) is 19.4. The lowest BCUT2D eigenvalue weighted by atomic mass is 10.1. The first-order valence-electron chi connectivity index (χ1n) is 9.69. The summed E-state index contributed by atoms with van der Waals surface area (Å²) in [7, 11) is -0.844. The molecule has 0 fully saturated rings. The topological polar surface area (TPSA) is 116 Å². The molecular weight excluding hydrogens is 462 g/mol. The highest BCUT2D eigenvalue weighted by molar-refractivity contribution is 7.90. The van der Waals surface area contributed by atoms with Crippen molar-refractivity contribution in [2.24, 2.45) is 4.40 Å². The predicted octanol–water partition coefficient (Wildman–Crippen LogP) is 3.73. The molecule has 0 unspecified atom stereocenters. The summed E-state index contributed by atoms with van der Waals surface area (Å²) >= 11 is 6.12. The van der Waals surface area contributed by atoms with Crippen LogP contribution in [0.1, 0.15) is 11.1 Å². The van der Waals surface area contributed by atoms with Crippen molar-refractivity contribution in [3.8, 4) is 17.2 Å². The number of carbonyl (C=O) groups is 1. The van der Waals surface area contributed by atoms with Gasteiger partial charge in [-0.15, -0.1) is 4.40 Å². The SMILES string of the molecule is CN(C)/C=N/S(=O)(=O)c1cc(NC(=O)Cc2ccccc2Cl)ccc1-c1cncc(C#N)c1. The number of sulfonamides is 1. The third-order valence-electron chi connectivity index (χ3n) is 4.45. The molecule has 0 bridgehead atoms. The Morgan fingerprint density at radius 1 is 1.21 bits per heavy atom. The second-order valence-corrected chi connectivity index (χ2v) is 9.27. The summed E-state index contributed by atoms with van der Waals surface area (Å²) in [5.74, 6) is -0.357. The van der Waals surface area contributed by atoms with Gasteiger partial charge in [-0.1, -0.05) is 35.9 Å². The van der Waals surface area contributed by atoms with Crippen molar-refractivity contribution < 1.29 is 13.2 Å². The summed E-state index contributed by atoms with van der Waals surface area (Å²) in [5.41, 5.74) is 1.95. The minimum absolute atomic E-state index is 0.0242. The Balaban J connectivity index is 2.01. The van der Waals surface area contributed by atoms with E-state index in [-0.39, 0.29) is 28.5 Å². The maximum Gasteiger partial charge on any atom is 0.284 e. The molecule has 168 valence electrons. The molecule has 0 radical (unpaired) electrons. The molecule has 0 aliphatic heterocycles. The van der Waals surface area contributed by atoms with Crippen LogP contribution in [0.3, 0.4) is 0 Å². The third kappa shape index (κ3) is 6.16. The van der Waals surface area contributed by atoms with E-state index in [0.29, 0.717) is 21.7 Å². The van der Waals surface area contributed by atoms with Gasteiger partial charge in [0.15, 0.2) is 0 Å². The summed E-state index contributed by atoms with van der Waals surface area (Å²) in [6.07, 6.45) is 4.04. The molecule has 33 heavy (non-hydrogen) atoms. The van der Waals surface area contributed by atoms with E-state index in [4.69, 9.17) is 11.6 Å². The number of nitrogens with zero attached hydrogens (tertiary/aromatic N) is 4. The van der Waals surface area contributed by atoms with Crippen LogP contribution in [0, 0.1) is 11.3 Å². The van der Waals surface area contributed by atoms with Crippen LogP contribution >= 0.6 is 11.6 Å². The average molecular weight is 482 g/mol. The number of nitrogens with one attached hydrogen (secondary N) is 1. The summed E-state index contributed by atoms with van der Waals surface area (Å²) in [4.78, 5) is 17.9. The van der Waals surface area contributed by atoms with Crippen molar-refractivity contribution in [1.29, 1.82) is 5.26 Å². The molecule has 1 heterocycles. The molecule has 0 aliphatic rings. The van der Waals surface area contributed by atoms with E-state index in [1.807, 2.05) is 6.07 Å². The van der Waals surface area contributed by atoms with Crippen molar-refractivity contribution in [2.75, 3.05) is 19.4 Å². The first-order chi connectivity index (χ1) is 15.7. The maximum atomic E-state index is 13.0. The molecule has 8 nitrogen and oxygen atoms in total. The lowest BCUT2D eigenvalue weighted by Crippen LogP contribution is -2.15. The second kappa shape index (κ2) is 10.3. The Morgan fingerprint density at radius 2 is 1.97 bits per heavy atom. The number of hydrogen-bond acceptors (Lipinski definition) is 5. The fourth-order valence-corrected chi connectivity index (χ4v) is 4.30. The van der Waals surface area contributed by atoms with Gasteiger partial charge >= 0.3 is 0 Å². The number of pyridine rings is 1. The van der Waals surface area contributed by atoms with Gasteiger partial charge in [0.25, 0.3) is 10.0 Å². The van der Waals surface area contributed by atoms with Crippen molar-refractivity contribution in [3.63, 3.8) is 0 Å². The van der Waals surface area contributed by atoms with Gasteiger partial charge in [0.05, 0.1) is 16.9 Å². The number of halogens is 1. The number of benzene rings is 2. The first kappa shape index (κ1) is 23.9. The van der Waals surface area contributed by atoms with Gasteiger partial charge in [-0.3, -0.25) is 9.78 Å². The minimum Gasteiger partial charge on any atom is -0.368 e. The Bertz CT molecular complexity index is 1360. The number of anilines is 1. The van der Waals surface area contributed by atoms with Crippen LogP contribution in [-0.4, -0.2) is 44.6 Å². The van der Waals surface area contributed by atoms with Crippen molar-refractivity contribution in [2.45, 2.75) is 11.3 Å². The van der Waals surface area contributed by atoms with E-state index in [1.54, 1.807) is 50.5 Å². The van der Waals surface area contributed by atoms with Gasteiger partial charge in [0, 0.05) is 48.3 Å². The van der Waals surface area contributed by atoms with Crippen LogP contribution in [0.4, 0.5) is 5.69 Å². The molecule has 0 saturated carbocycles. The molecule has 0 spiro atoms. The lowest BCUT2D eigenvalue weighted by molar-refractivity contribution is -0.115. The number of rotatable bonds is 7. The molecule has 0 saturated heterocycles. The van der Waals surface area contributed by atoms with E-state index < -0.39 is 10.0 Å². The number of nitriles is 1. The van der Waals surface area contributed by atoms with E-state index in [1.165, 1.54) is 35.8 Å². The maximum absolute atomic E-state index is 13.0. The van der Waals surface area contributed by atoms with Crippen LogP contribution < -0.4 is 5.32 Å². The molecule has 0 aliphatic carbocycles. The number of aromatic nitrogens is 1. The van der Waals surface area contributed by atoms with E-state index >= 15 is 0 Å². The summed E-state index contributed by atoms with van der Waals surface area (Å²) < 4.78 is 29.7. The second-order valence-electron chi connectivity index (χ2n) is 7.26. The minimum atomic E-state index is -4.13. The van der Waals surface area contributed by atoms with Crippen molar-refractivity contribution >= 4 is 39.6 Å². The fourth-order valence-electron chi connectivity index (χ4n) is 2.93. The van der Waals surface area contributed by atoms with Crippen LogP contribution in [0.2, 0.25) is 5.02 Å². The monoisotopic (exact) mass is 481 g/mol. The van der Waals surface area contributed by atoms with Crippen LogP contribution in [0.5, 0.6) is 0 Å². The van der Waals surface area contributed by atoms with Gasteiger partial charge < -0.3 is 10.2 Å². The molecular formula is C23H20ClN5O3S. The fraction of sp³-hybridized carbons (Fsp3) is 0.130. The van der Waals surface area contributed by atoms with Gasteiger partial charge in [-0.05, 0) is 29.8 Å². The normalized spacial score (nSPS) is 11.2. The largest absolute Gasteiger partial charge is 0.368 e. The van der Waals surface area contributed by atoms with Crippen LogP contribution in [0.15, 0.2) is 70.2 Å². The third-order valence-corrected chi connectivity index (χ3v) is 6.08. The van der Waals surface area contributed by atoms with Gasteiger partial charge in [-0.25, -0.2) is 0 Å². The number of carbonyl (C=O) groups excluding carboxylic acids is 1. The Kier molecular flexibility index (Phi) is 7.43. The van der Waals surface area contributed by atoms with Gasteiger partial charge in [0.1, 0.15) is 12.4 Å². The Hall–Kier alpha value is -3.74. The van der Waals surface area contributed by atoms with E-state index in [2.05, 4.69) is 14.7 Å². The van der Waals surface area contributed by atoms with Gasteiger partial charge in [-0.2, -0.15) is 13.7 Å². The molecule has 10 heteroatoms. The first-order valence-corrected chi connectivity index (χ1v) is 11.5. The molecule has 1 aromatic heterocycles. The smallest absolute Gasteiger partial charge is 0.284 e. The highest BCUT2D eigenvalue weighted by Gasteiger charge is 2.21. The highest BCUT2D eigenvalue weighted by atomic mass is 35.5. The summed E-state index contributed by atoms with van der Waals surface area (Å²) in [5, 5.41) is 12.3. The van der Waals surface area contributed by atoms with Gasteiger partial charge in [0.2, 0.25) is 5.91 Å². The van der Waals surface area contributed by atoms with Crippen LogP contribution in [0.25, 0.3) is 11.1 Å². The van der Waals surface area contributed by atoms with E-state index in [0.717, 1.165) is 0 Å². The lowest BCUT2D eigenvalue weighted by Gasteiger charge is -2.12. The molecule has 0 atom stereocenters. The van der Waals surface area contributed by atoms with Crippen LogP contribution in [-0.2, 0) is 21.2 Å². The Labute approximate surface area is 197 Å². The number of amides is 1. The molecule has 3 aromatic rings. The predicted molar refractivity (Wildman–Crippen MR) is 128 cm³/mol. The summed E-state index contributed by atoms with van der Waals surface area (Å²) in [6.45, 7) is 0. The quantitative estimate of drug-likeness (QED) is 0.406. The van der Waals surface area contributed by atoms with Crippen molar-refractivity contribution in [3.05, 3.63) is 77.1 Å². The molecule has 1 N–H and O–H groups in total. The summed E-state index contributed by atoms with van der Waals surface area (Å²) in [6, 6.07) is 15.0. The Morgan fingerprint density at radius 3 is 2.67 bits per heavy atom. The number of hydrogen-bond donors (Lipinski definition) is 1. The molecule has 3 rings (SSSR count).